The molecule has 0 aliphatic carbocycles. The lowest BCUT2D eigenvalue weighted by molar-refractivity contribution is -0.0804. The Morgan fingerprint density at radius 1 is 1.25 bits per heavy atom. The Balaban J connectivity index is 2.72. The lowest BCUT2D eigenvalue weighted by Gasteiger charge is -2.34. The SMILES string of the molecule is CCNC(C)C(C)C1CC(C)(C)OC1(C)C. The van der Waals surface area contributed by atoms with E-state index < -0.39 is 0 Å². The van der Waals surface area contributed by atoms with Crippen molar-refractivity contribution in [2.24, 2.45) is 11.8 Å². The number of hydrogen-bond acceptors (Lipinski definition) is 2. The van der Waals surface area contributed by atoms with E-state index in [1.165, 1.54) is 0 Å². The van der Waals surface area contributed by atoms with E-state index in [2.05, 4.69) is 53.8 Å². The van der Waals surface area contributed by atoms with Crippen LogP contribution in [0.15, 0.2) is 0 Å². The van der Waals surface area contributed by atoms with Crippen molar-refractivity contribution in [3.8, 4) is 0 Å². The van der Waals surface area contributed by atoms with Gasteiger partial charge in [-0.15, -0.1) is 0 Å². The molecule has 1 heterocycles. The van der Waals surface area contributed by atoms with Gasteiger partial charge < -0.3 is 10.1 Å². The van der Waals surface area contributed by atoms with E-state index in [1.807, 2.05) is 0 Å². The Labute approximate surface area is 101 Å². The fourth-order valence-electron chi connectivity index (χ4n) is 3.28. The van der Waals surface area contributed by atoms with Crippen LogP contribution in [0.25, 0.3) is 0 Å². The highest BCUT2D eigenvalue weighted by Gasteiger charge is 2.48. The topological polar surface area (TPSA) is 21.3 Å². The van der Waals surface area contributed by atoms with Gasteiger partial charge in [0.25, 0.3) is 0 Å². The van der Waals surface area contributed by atoms with Crippen molar-refractivity contribution in [2.45, 2.75) is 72.1 Å². The van der Waals surface area contributed by atoms with Crippen molar-refractivity contribution in [1.29, 1.82) is 0 Å². The first-order valence-electron chi connectivity index (χ1n) is 6.63. The molecule has 2 nitrogen and oxygen atoms in total. The highest BCUT2D eigenvalue weighted by atomic mass is 16.5. The van der Waals surface area contributed by atoms with Crippen LogP contribution < -0.4 is 5.32 Å². The highest BCUT2D eigenvalue weighted by molar-refractivity contribution is 4.98. The Morgan fingerprint density at radius 3 is 2.19 bits per heavy atom. The molecule has 1 rings (SSSR count). The van der Waals surface area contributed by atoms with Gasteiger partial charge in [-0.3, -0.25) is 0 Å². The zero-order valence-corrected chi connectivity index (χ0v) is 12.1. The Morgan fingerprint density at radius 2 is 1.81 bits per heavy atom. The molecule has 0 amide bonds. The molecule has 2 heteroatoms. The van der Waals surface area contributed by atoms with E-state index in [0.717, 1.165) is 13.0 Å². The van der Waals surface area contributed by atoms with Crippen LogP contribution >= 0.6 is 0 Å². The van der Waals surface area contributed by atoms with Crippen molar-refractivity contribution < 1.29 is 4.74 Å². The lowest BCUT2D eigenvalue weighted by atomic mass is 9.76. The first-order valence-corrected chi connectivity index (χ1v) is 6.63. The molecule has 0 radical (unpaired) electrons. The molecular formula is C14H29NO. The van der Waals surface area contributed by atoms with Crippen LogP contribution in [-0.2, 0) is 4.74 Å². The van der Waals surface area contributed by atoms with Crippen LogP contribution in [0, 0.1) is 11.8 Å². The fraction of sp³-hybridized carbons (Fsp3) is 1.00. The van der Waals surface area contributed by atoms with Gasteiger partial charge in [-0.2, -0.15) is 0 Å². The van der Waals surface area contributed by atoms with Crippen molar-refractivity contribution in [2.75, 3.05) is 6.54 Å². The van der Waals surface area contributed by atoms with E-state index in [9.17, 15) is 0 Å². The smallest absolute Gasteiger partial charge is 0.0666 e. The van der Waals surface area contributed by atoms with Gasteiger partial charge in [0.2, 0.25) is 0 Å². The quantitative estimate of drug-likeness (QED) is 0.796. The number of hydrogen-bond donors (Lipinski definition) is 1. The predicted octanol–water partition coefficient (Wildman–Crippen LogP) is 3.21. The molecule has 0 aromatic heterocycles. The van der Waals surface area contributed by atoms with E-state index in [1.54, 1.807) is 0 Å². The summed E-state index contributed by atoms with van der Waals surface area (Å²) < 4.78 is 6.17. The zero-order chi connectivity index (χ0) is 12.6. The molecule has 1 aliphatic heterocycles. The van der Waals surface area contributed by atoms with Gasteiger partial charge >= 0.3 is 0 Å². The Bertz CT molecular complexity index is 235. The summed E-state index contributed by atoms with van der Waals surface area (Å²) in [6, 6.07) is 0.562. The summed E-state index contributed by atoms with van der Waals surface area (Å²) >= 11 is 0. The summed E-state index contributed by atoms with van der Waals surface area (Å²) in [6.45, 7) is 16.7. The van der Waals surface area contributed by atoms with E-state index >= 15 is 0 Å². The minimum atomic E-state index is 0.00655. The average Bonchev–Trinajstić information content (AvgIpc) is 2.33. The number of nitrogens with one attached hydrogen (secondary N) is 1. The summed E-state index contributed by atoms with van der Waals surface area (Å²) in [5.74, 6) is 1.29. The third-order valence-corrected chi connectivity index (χ3v) is 4.09. The molecule has 3 atom stereocenters. The first kappa shape index (κ1) is 14.0. The zero-order valence-electron chi connectivity index (χ0n) is 12.1. The predicted molar refractivity (Wildman–Crippen MR) is 69.7 cm³/mol. The normalized spacial score (nSPS) is 31.3. The fourth-order valence-corrected chi connectivity index (χ4v) is 3.28. The Hall–Kier alpha value is -0.0800. The van der Waals surface area contributed by atoms with Gasteiger partial charge in [-0.25, -0.2) is 0 Å². The molecule has 1 fully saturated rings. The standard InChI is InChI=1S/C14H29NO/c1-8-15-11(3)10(2)12-9-13(4,5)16-14(12,6)7/h10-12,15H,8-9H2,1-7H3. The molecule has 0 saturated carbocycles. The van der Waals surface area contributed by atoms with Crippen LogP contribution in [0.5, 0.6) is 0 Å². The van der Waals surface area contributed by atoms with Gasteiger partial charge in [0.05, 0.1) is 11.2 Å². The molecule has 1 saturated heterocycles. The van der Waals surface area contributed by atoms with Crippen molar-refractivity contribution in [1.82, 2.24) is 5.32 Å². The van der Waals surface area contributed by atoms with Gasteiger partial charge in [0.1, 0.15) is 0 Å². The molecule has 16 heavy (non-hydrogen) atoms. The molecule has 0 spiro atoms. The van der Waals surface area contributed by atoms with E-state index in [0.29, 0.717) is 17.9 Å². The maximum Gasteiger partial charge on any atom is 0.0666 e. The van der Waals surface area contributed by atoms with Crippen LogP contribution in [-0.4, -0.2) is 23.8 Å². The summed E-state index contributed by atoms with van der Waals surface area (Å²) in [6.07, 6.45) is 1.16. The van der Waals surface area contributed by atoms with E-state index in [-0.39, 0.29) is 11.2 Å². The van der Waals surface area contributed by atoms with Gasteiger partial charge in [-0.05, 0) is 59.4 Å². The lowest BCUT2D eigenvalue weighted by Crippen LogP contribution is -2.41. The number of rotatable bonds is 4. The molecule has 0 bridgehead atoms. The Kier molecular flexibility index (Phi) is 4.07. The first-order chi connectivity index (χ1) is 7.19. The van der Waals surface area contributed by atoms with Crippen molar-refractivity contribution in [3.63, 3.8) is 0 Å². The van der Waals surface area contributed by atoms with E-state index in [4.69, 9.17) is 4.74 Å². The second-order valence-corrected chi connectivity index (χ2v) is 6.48. The van der Waals surface area contributed by atoms with Crippen molar-refractivity contribution >= 4 is 0 Å². The highest BCUT2D eigenvalue weighted by Crippen LogP contribution is 2.46. The minimum absolute atomic E-state index is 0.00655. The maximum absolute atomic E-state index is 6.17. The van der Waals surface area contributed by atoms with Crippen molar-refractivity contribution in [3.05, 3.63) is 0 Å². The average molecular weight is 227 g/mol. The maximum atomic E-state index is 6.17. The monoisotopic (exact) mass is 227 g/mol. The second kappa shape index (κ2) is 4.66. The van der Waals surface area contributed by atoms with Crippen LogP contribution in [0.1, 0.15) is 54.9 Å². The van der Waals surface area contributed by atoms with Crippen LogP contribution in [0.4, 0.5) is 0 Å². The third-order valence-electron chi connectivity index (χ3n) is 4.09. The molecule has 0 aromatic carbocycles. The molecule has 0 aromatic rings. The number of ether oxygens (including phenoxy) is 1. The summed E-state index contributed by atoms with van der Waals surface area (Å²) in [4.78, 5) is 0. The van der Waals surface area contributed by atoms with Gasteiger partial charge in [-0.1, -0.05) is 13.8 Å². The summed E-state index contributed by atoms with van der Waals surface area (Å²) in [7, 11) is 0. The summed E-state index contributed by atoms with van der Waals surface area (Å²) in [5, 5.41) is 3.53. The molecule has 3 unspecified atom stereocenters. The molecule has 1 N–H and O–H groups in total. The third kappa shape index (κ3) is 2.98. The van der Waals surface area contributed by atoms with Crippen LogP contribution in [0.3, 0.4) is 0 Å². The second-order valence-electron chi connectivity index (χ2n) is 6.48. The van der Waals surface area contributed by atoms with Crippen LogP contribution in [0.2, 0.25) is 0 Å². The molecular weight excluding hydrogens is 198 g/mol. The largest absolute Gasteiger partial charge is 0.369 e. The molecule has 1 aliphatic rings. The summed E-state index contributed by atoms with van der Waals surface area (Å²) in [5.41, 5.74) is 0.0426. The minimum Gasteiger partial charge on any atom is -0.369 e. The van der Waals surface area contributed by atoms with Gasteiger partial charge in [0.15, 0.2) is 0 Å². The van der Waals surface area contributed by atoms with Gasteiger partial charge in [0, 0.05) is 6.04 Å². The molecule has 96 valence electrons.